The van der Waals surface area contributed by atoms with E-state index in [-0.39, 0.29) is 11.6 Å². The number of carbonyl (C=O) groups excluding carboxylic acids is 3. The van der Waals surface area contributed by atoms with E-state index >= 15 is 0 Å². The highest BCUT2D eigenvalue weighted by molar-refractivity contribution is 9.10. The fourth-order valence-electron chi connectivity index (χ4n) is 2.70. The van der Waals surface area contributed by atoms with E-state index in [0.717, 1.165) is 10.0 Å². The summed E-state index contributed by atoms with van der Waals surface area (Å²) in [7, 11) is 0. The minimum atomic E-state index is -0.940. The summed E-state index contributed by atoms with van der Waals surface area (Å²) < 4.78 is 6.12. The summed E-state index contributed by atoms with van der Waals surface area (Å²) in [6.45, 7) is 1.90. The number of anilines is 1. The lowest BCUT2D eigenvalue weighted by Gasteiger charge is -2.27. The molecule has 1 fully saturated rings. The molecule has 2 N–H and O–H groups in total. The van der Waals surface area contributed by atoms with Gasteiger partial charge >= 0.3 is 11.8 Å². The van der Waals surface area contributed by atoms with Gasteiger partial charge in [-0.3, -0.25) is 14.4 Å². The van der Waals surface area contributed by atoms with E-state index in [1.54, 1.807) is 35.2 Å². The summed E-state index contributed by atoms with van der Waals surface area (Å²) in [5.41, 5.74) is 3.50. The van der Waals surface area contributed by atoms with Gasteiger partial charge in [0.2, 0.25) is 0 Å². The second kappa shape index (κ2) is 9.94. The van der Waals surface area contributed by atoms with Crippen LogP contribution in [0.15, 0.2) is 58.1 Å². The van der Waals surface area contributed by atoms with Gasteiger partial charge < -0.3 is 15.0 Å². The smallest absolute Gasteiger partial charge is 0.329 e. The van der Waals surface area contributed by atoms with Gasteiger partial charge in [-0.25, -0.2) is 5.43 Å². The molecule has 0 atom stereocenters. The van der Waals surface area contributed by atoms with E-state index < -0.39 is 11.8 Å². The molecular formula is C20H19BrN4O4. The van der Waals surface area contributed by atoms with Gasteiger partial charge in [-0.1, -0.05) is 40.2 Å². The van der Waals surface area contributed by atoms with Crippen molar-refractivity contribution in [1.29, 1.82) is 0 Å². The van der Waals surface area contributed by atoms with Crippen LogP contribution in [0.4, 0.5) is 5.69 Å². The van der Waals surface area contributed by atoms with Crippen molar-refractivity contribution in [3.8, 4) is 0 Å². The number of morpholine rings is 1. The maximum Gasteiger partial charge on any atom is 0.329 e. The van der Waals surface area contributed by atoms with Crippen molar-refractivity contribution in [2.75, 3.05) is 31.6 Å². The predicted molar refractivity (Wildman–Crippen MR) is 112 cm³/mol. The largest absolute Gasteiger partial charge is 0.378 e. The lowest BCUT2D eigenvalue weighted by Crippen LogP contribution is -2.41. The molecule has 9 heteroatoms. The van der Waals surface area contributed by atoms with Gasteiger partial charge in [-0.15, -0.1) is 0 Å². The van der Waals surface area contributed by atoms with Crippen LogP contribution >= 0.6 is 15.9 Å². The van der Waals surface area contributed by atoms with Crippen molar-refractivity contribution in [2.24, 2.45) is 5.10 Å². The summed E-state index contributed by atoms with van der Waals surface area (Å²) in [5.74, 6) is -2.08. The SMILES string of the molecule is O=C(N/N=C\c1cccc(Br)c1)C(=O)Nc1ccccc1C(=O)N1CCOCC1. The Bertz CT molecular complexity index is 942. The number of hydrazone groups is 1. The minimum absolute atomic E-state index is 0.225. The summed E-state index contributed by atoms with van der Waals surface area (Å²) >= 11 is 3.34. The molecule has 2 aromatic carbocycles. The van der Waals surface area contributed by atoms with Crippen LogP contribution in [0.25, 0.3) is 0 Å². The number of hydrogen-bond donors (Lipinski definition) is 2. The van der Waals surface area contributed by atoms with Gasteiger partial charge in [-0.05, 0) is 29.8 Å². The molecule has 0 aliphatic carbocycles. The first kappa shape index (κ1) is 20.7. The lowest BCUT2D eigenvalue weighted by atomic mass is 10.1. The zero-order chi connectivity index (χ0) is 20.6. The minimum Gasteiger partial charge on any atom is -0.378 e. The summed E-state index contributed by atoms with van der Waals surface area (Å²) in [5, 5.41) is 6.26. The lowest BCUT2D eigenvalue weighted by molar-refractivity contribution is -0.136. The number of rotatable bonds is 4. The molecule has 1 aliphatic rings. The number of amides is 3. The number of nitrogens with zero attached hydrogens (tertiary/aromatic N) is 2. The summed E-state index contributed by atoms with van der Waals surface area (Å²) in [4.78, 5) is 38.6. The number of para-hydroxylation sites is 1. The number of hydrogen-bond acceptors (Lipinski definition) is 5. The van der Waals surface area contributed by atoms with Crippen LogP contribution in [0, 0.1) is 0 Å². The monoisotopic (exact) mass is 458 g/mol. The number of benzene rings is 2. The van der Waals surface area contributed by atoms with Crippen molar-refractivity contribution in [1.82, 2.24) is 10.3 Å². The highest BCUT2D eigenvalue weighted by atomic mass is 79.9. The van der Waals surface area contributed by atoms with E-state index in [1.807, 2.05) is 18.2 Å². The molecule has 0 bridgehead atoms. The van der Waals surface area contributed by atoms with Gasteiger partial charge in [-0.2, -0.15) is 5.10 Å². The van der Waals surface area contributed by atoms with Crippen molar-refractivity contribution in [3.63, 3.8) is 0 Å². The van der Waals surface area contributed by atoms with Crippen LogP contribution in [0.5, 0.6) is 0 Å². The molecule has 2 aromatic rings. The van der Waals surface area contributed by atoms with Gasteiger partial charge in [0.05, 0.1) is 30.7 Å². The molecule has 3 rings (SSSR count). The van der Waals surface area contributed by atoms with Gasteiger partial charge in [0.25, 0.3) is 5.91 Å². The fraction of sp³-hybridized carbons (Fsp3) is 0.200. The maximum atomic E-state index is 12.7. The molecular weight excluding hydrogens is 440 g/mol. The van der Waals surface area contributed by atoms with E-state index in [4.69, 9.17) is 4.74 Å². The van der Waals surface area contributed by atoms with E-state index in [1.165, 1.54) is 6.21 Å². The Hall–Kier alpha value is -3.04. The van der Waals surface area contributed by atoms with E-state index in [0.29, 0.717) is 31.9 Å². The second-order valence-electron chi connectivity index (χ2n) is 6.16. The Kier molecular flexibility index (Phi) is 7.09. The summed E-state index contributed by atoms with van der Waals surface area (Å²) in [6, 6.07) is 13.8. The average Bonchev–Trinajstić information content (AvgIpc) is 2.74. The topological polar surface area (TPSA) is 100 Å². The van der Waals surface area contributed by atoms with E-state index in [9.17, 15) is 14.4 Å². The first-order valence-electron chi connectivity index (χ1n) is 8.90. The molecule has 29 heavy (non-hydrogen) atoms. The zero-order valence-corrected chi connectivity index (χ0v) is 17.0. The quantitative estimate of drug-likeness (QED) is 0.415. The fourth-order valence-corrected chi connectivity index (χ4v) is 3.11. The second-order valence-corrected chi connectivity index (χ2v) is 7.07. The average molecular weight is 459 g/mol. The number of halogens is 1. The summed E-state index contributed by atoms with van der Waals surface area (Å²) in [6.07, 6.45) is 1.42. The van der Waals surface area contributed by atoms with Crippen molar-refractivity contribution < 1.29 is 19.1 Å². The standard InChI is InChI=1S/C20H19BrN4O4/c21-15-5-3-4-14(12-15)13-22-24-19(27)18(26)23-17-7-2-1-6-16(17)20(28)25-8-10-29-11-9-25/h1-7,12-13H,8-11H2,(H,23,26)(H,24,27)/b22-13-. The predicted octanol–water partition coefficient (Wildman–Crippen LogP) is 2.01. The van der Waals surface area contributed by atoms with Gasteiger partial charge in [0.1, 0.15) is 0 Å². The molecule has 0 saturated carbocycles. The normalized spacial score (nSPS) is 13.9. The van der Waals surface area contributed by atoms with Gasteiger partial charge in [0.15, 0.2) is 0 Å². The molecule has 3 amide bonds. The number of carbonyl (C=O) groups is 3. The van der Waals surface area contributed by atoms with Crippen LogP contribution in [-0.2, 0) is 14.3 Å². The van der Waals surface area contributed by atoms with Gasteiger partial charge in [0, 0.05) is 17.6 Å². The number of ether oxygens (including phenoxy) is 1. The first-order valence-corrected chi connectivity index (χ1v) is 9.70. The Morgan fingerprint density at radius 1 is 1.03 bits per heavy atom. The highest BCUT2D eigenvalue weighted by Crippen LogP contribution is 2.18. The van der Waals surface area contributed by atoms with Crippen LogP contribution in [0.3, 0.4) is 0 Å². The Morgan fingerprint density at radius 3 is 2.55 bits per heavy atom. The van der Waals surface area contributed by atoms with Crippen LogP contribution in [-0.4, -0.2) is 55.1 Å². The Labute approximate surface area is 176 Å². The van der Waals surface area contributed by atoms with Crippen LogP contribution < -0.4 is 10.7 Å². The maximum absolute atomic E-state index is 12.7. The molecule has 8 nitrogen and oxygen atoms in total. The van der Waals surface area contributed by atoms with Crippen molar-refractivity contribution >= 4 is 45.6 Å². The molecule has 150 valence electrons. The van der Waals surface area contributed by atoms with E-state index in [2.05, 4.69) is 31.8 Å². The third-order valence-corrected chi connectivity index (χ3v) is 4.63. The molecule has 0 spiro atoms. The third-order valence-electron chi connectivity index (χ3n) is 4.14. The van der Waals surface area contributed by atoms with Crippen molar-refractivity contribution in [3.05, 3.63) is 64.1 Å². The van der Waals surface area contributed by atoms with Crippen molar-refractivity contribution in [2.45, 2.75) is 0 Å². The third kappa shape index (κ3) is 5.72. The Morgan fingerprint density at radius 2 is 1.79 bits per heavy atom. The molecule has 0 unspecified atom stereocenters. The molecule has 1 aliphatic heterocycles. The Balaban J connectivity index is 1.62. The molecule has 0 radical (unpaired) electrons. The van der Waals surface area contributed by atoms with Crippen LogP contribution in [0.2, 0.25) is 0 Å². The molecule has 0 aromatic heterocycles. The highest BCUT2D eigenvalue weighted by Gasteiger charge is 2.22. The molecule has 1 saturated heterocycles. The number of nitrogens with one attached hydrogen (secondary N) is 2. The zero-order valence-electron chi connectivity index (χ0n) is 15.4. The first-order chi connectivity index (χ1) is 14.0. The van der Waals surface area contributed by atoms with Crippen LogP contribution in [0.1, 0.15) is 15.9 Å². The molecule has 1 heterocycles.